The third kappa shape index (κ3) is 7.41. The second kappa shape index (κ2) is 13.9. The average Bonchev–Trinajstić information content (AvgIpc) is 2.86. The number of hydrogen-bond donors (Lipinski definition) is 2. The molecule has 0 saturated carbocycles. The SMILES string of the molecule is CCCCNn1c(O)c(/N=N/c2ccc(C(=O)OCC(CC)CCCC)cc2)c(C)c(C#N)c1=O. The molecule has 0 bridgehead atoms. The highest BCUT2D eigenvalue weighted by Crippen LogP contribution is 2.31. The molecular weight excluding hydrogens is 446 g/mol. The molecule has 1 atom stereocenters. The number of aromatic nitrogens is 1. The standard InChI is InChI=1S/C26H35N5O4/c1-5-8-10-19(7-3)17-35-26(34)20-11-13-21(14-12-20)29-30-23-18(4)22(16-27)24(32)31(25(23)33)28-15-9-6-2/h11-14,19,28,33H,5-10,15,17H2,1-4H3/b30-29+. The Bertz CT molecular complexity index is 1120. The maximum absolute atomic E-state index is 12.5. The van der Waals surface area contributed by atoms with Crippen molar-refractivity contribution in [3.05, 3.63) is 51.3 Å². The summed E-state index contributed by atoms with van der Waals surface area (Å²) in [5.74, 6) is -0.443. The summed E-state index contributed by atoms with van der Waals surface area (Å²) in [5.41, 5.74) is 3.17. The monoisotopic (exact) mass is 481 g/mol. The van der Waals surface area contributed by atoms with Gasteiger partial charge in [0.05, 0.1) is 17.9 Å². The quantitative estimate of drug-likeness (QED) is 0.209. The number of nitrogens with one attached hydrogen (secondary N) is 1. The molecule has 1 heterocycles. The Balaban J connectivity index is 2.18. The van der Waals surface area contributed by atoms with E-state index in [9.17, 15) is 20.0 Å². The Morgan fingerprint density at radius 1 is 1.17 bits per heavy atom. The Morgan fingerprint density at radius 2 is 1.86 bits per heavy atom. The Morgan fingerprint density at radius 3 is 2.46 bits per heavy atom. The summed E-state index contributed by atoms with van der Waals surface area (Å²) in [6.45, 7) is 8.63. The zero-order valence-corrected chi connectivity index (χ0v) is 21.0. The summed E-state index contributed by atoms with van der Waals surface area (Å²) in [4.78, 5) is 24.9. The van der Waals surface area contributed by atoms with Gasteiger partial charge in [-0.3, -0.25) is 4.79 Å². The van der Waals surface area contributed by atoms with Gasteiger partial charge >= 0.3 is 5.97 Å². The molecule has 2 N–H and O–H groups in total. The van der Waals surface area contributed by atoms with Crippen LogP contribution in [-0.4, -0.2) is 28.9 Å². The lowest BCUT2D eigenvalue weighted by molar-refractivity contribution is 0.0428. The first kappa shape index (κ1) is 27.6. The first-order chi connectivity index (χ1) is 16.9. The van der Waals surface area contributed by atoms with Gasteiger partial charge in [-0.25, -0.2) is 4.79 Å². The lowest BCUT2D eigenvalue weighted by Crippen LogP contribution is -2.31. The molecule has 9 heteroatoms. The van der Waals surface area contributed by atoms with E-state index >= 15 is 0 Å². The number of hydrogen-bond acceptors (Lipinski definition) is 8. The molecule has 1 unspecified atom stereocenters. The minimum atomic E-state index is -0.638. The fourth-order valence-corrected chi connectivity index (χ4v) is 3.47. The highest BCUT2D eigenvalue weighted by molar-refractivity contribution is 5.89. The predicted octanol–water partition coefficient (Wildman–Crippen LogP) is 5.87. The summed E-state index contributed by atoms with van der Waals surface area (Å²) in [7, 11) is 0. The number of unbranched alkanes of at least 4 members (excludes halogenated alkanes) is 2. The maximum Gasteiger partial charge on any atom is 0.338 e. The number of carbonyl (C=O) groups is 1. The van der Waals surface area contributed by atoms with Crippen LogP contribution in [-0.2, 0) is 4.74 Å². The first-order valence-corrected chi connectivity index (χ1v) is 12.2. The molecule has 35 heavy (non-hydrogen) atoms. The highest BCUT2D eigenvalue weighted by atomic mass is 16.5. The van der Waals surface area contributed by atoms with Gasteiger partial charge in [0.15, 0.2) is 5.69 Å². The molecule has 9 nitrogen and oxygen atoms in total. The predicted molar refractivity (Wildman–Crippen MR) is 135 cm³/mol. The van der Waals surface area contributed by atoms with E-state index in [-0.39, 0.29) is 22.8 Å². The van der Waals surface area contributed by atoms with Crippen molar-refractivity contribution in [1.82, 2.24) is 4.68 Å². The van der Waals surface area contributed by atoms with Gasteiger partial charge in [0.1, 0.15) is 11.6 Å². The molecule has 0 aliphatic carbocycles. The van der Waals surface area contributed by atoms with Crippen LogP contribution >= 0.6 is 0 Å². The number of carbonyl (C=O) groups excluding carboxylic acids is 1. The molecule has 0 spiro atoms. The second-order valence-electron chi connectivity index (χ2n) is 8.45. The number of aromatic hydroxyl groups is 1. The minimum Gasteiger partial charge on any atom is -0.492 e. The molecule has 188 valence electrons. The Hall–Kier alpha value is -3.67. The van der Waals surface area contributed by atoms with Crippen molar-refractivity contribution in [1.29, 1.82) is 5.26 Å². The van der Waals surface area contributed by atoms with Gasteiger partial charge < -0.3 is 15.3 Å². The van der Waals surface area contributed by atoms with Crippen molar-refractivity contribution in [2.45, 2.75) is 66.2 Å². The number of nitriles is 1. The topological polar surface area (TPSA) is 129 Å². The molecule has 0 aliphatic rings. The molecule has 2 rings (SSSR count). The van der Waals surface area contributed by atoms with Gasteiger partial charge in [0, 0.05) is 12.1 Å². The van der Waals surface area contributed by atoms with Gasteiger partial charge in [-0.15, -0.1) is 5.11 Å². The van der Waals surface area contributed by atoms with Crippen LogP contribution in [0, 0.1) is 24.2 Å². The van der Waals surface area contributed by atoms with E-state index in [0.717, 1.165) is 43.2 Å². The van der Waals surface area contributed by atoms with Crippen LogP contribution in [0.3, 0.4) is 0 Å². The minimum absolute atomic E-state index is 0.0197. The van der Waals surface area contributed by atoms with Crippen molar-refractivity contribution in [2.75, 3.05) is 18.6 Å². The lowest BCUT2D eigenvalue weighted by atomic mass is 10.0. The first-order valence-electron chi connectivity index (χ1n) is 12.2. The van der Waals surface area contributed by atoms with Crippen molar-refractivity contribution in [3.8, 4) is 11.9 Å². The van der Waals surface area contributed by atoms with E-state index in [1.165, 1.54) is 6.92 Å². The number of pyridine rings is 1. The van der Waals surface area contributed by atoms with Crippen LogP contribution in [0.4, 0.5) is 11.4 Å². The van der Waals surface area contributed by atoms with E-state index in [1.54, 1.807) is 24.3 Å². The maximum atomic E-state index is 12.5. The molecule has 0 saturated heterocycles. The smallest absolute Gasteiger partial charge is 0.338 e. The molecule has 2 aromatic rings. The Kier molecular flexibility index (Phi) is 10.9. The number of rotatable bonds is 13. The lowest BCUT2D eigenvalue weighted by Gasteiger charge is -2.14. The normalized spacial score (nSPS) is 11.9. The van der Waals surface area contributed by atoms with Gasteiger partial charge in [0.25, 0.3) is 5.56 Å². The zero-order valence-electron chi connectivity index (χ0n) is 21.0. The molecule has 1 aromatic carbocycles. The number of ether oxygens (including phenoxy) is 1. The van der Waals surface area contributed by atoms with E-state index in [1.807, 2.05) is 13.0 Å². The highest BCUT2D eigenvalue weighted by Gasteiger charge is 2.19. The molecule has 0 radical (unpaired) electrons. The molecule has 0 amide bonds. The van der Waals surface area contributed by atoms with Crippen molar-refractivity contribution >= 4 is 17.3 Å². The fourth-order valence-electron chi connectivity index (χ4n) is 3.47. The van der Waals surface area contributed by atoms with Gasteiger partial charge in [-0.2, -0.15) is 15.1 Å². The molecule has 0 aliphatic heterocycles. The van der Waals surface area contributed by atoms with E-state index in [0.29, 0.717) is 30.3 Å². The summed E-state index contributed by atoms with van der Waals surface area (Å²) < 4.78 is 6.40. The van der Waals surface area contributed by atoms with Crippen LogP contribution in [0.1, 0.15) is 80.8 Å². The van der Waals surface area contributed by atoms with Crippen LogP contribution in [0.2, 0.25) is 0 Å². The zero-order chi connectivity index (χ0) is 25.8. The second-order valence-corrected chi connectivity index (χ2v) is 8.45. The van der Waals surface area contributed by atoms with Gasteiger partial charge in [-0.1, -0.05) is 46.5 Å². The van der Waals surface area contributed by atoms with Crippen LogP contribution < -0.4 is 11.0 Å². The van der Waals surface area contributed by atoms with E-state index in [2.05, 4.69) is 29.5 Å². The third-order valence-corrected chi connectivity index (χ3v) is 5.84. The van der Waals surface area contributed by atoms with E-state index < -0.39 is 11.4 Å². The third-order valence-electron chi connectivity index (χ3n) is 5.84. The summed E-state index contributed by atoms with van der Waals surface area (Å²) in [6, 6.07) is 8.31. The number of nitrogens with zero attached hydrogens (tertiary/aromatic N) is 4. The Labute approximate surface area is 206 Å². The summed E-state index contributed by atoms with van der Waals surface area (Å²) >= 11 is 0. The fraction of sp³-hybridized carbons (Fsp3) is 0.500. The van der Waals surface area contributed by atoms with Crippen molar-refractivity contribution in [2.24, 2.45) is 16.1 Å². The van der Waals surface area contributed by atoms with Gasteiger partial charge in [-0.05, 0) is 49.9 Å². The molecule has 1 aromatic heterocycles. The number of azo groups is 1. The number of esters is 1. The van der Waals surface area contributed by atoms with E-state index in [4.69, 9.17) is 4.74 Å². The number of benzene rings is 1. The van der Waals surface area contributed by atoms with Crippen LogP contribution in [0.25, 0.3) is 0 Å². The summed E-state index contributed by atoms with van der Waals surface area (Å²) in [6.07, 6.45) is 5.92. The van der Waals surface area contributed by atoms with Crippen molar-refractivity contribution in [3.63, 3.8) is 0 Å². The average molecular weight is 482 g/mol. The van der Waals surface area contributed by atoms with Crippen molar-refractivity contribution < 1.29 is 14.6 Å². The molecule has 0 fully saturated rings. The van der Waals surface area contributed by atoms with Gasteiger partial charge in [0.2, 0.25) is 5.88 Å². The summed E-state index contributed by atoms with van der Waals surface area (Å²) in [5, 5.41) is 28.3. The van der Waals surface area contributed by atoms with Crippen LogP contribution in [0.15, 0.2) is 39.3 Å². The largest absolute Gasteiger partial charge is 0.492 e. The van der Waals surface area contributed by atoms with Crippen LogP contribution in [0.5, 0.6) is 5.88 Å². The molecular formula is C26H35N5O4.